The van der Waals surface area contributed by atoms with E-state index in [9.17, 15) is 4.79 Å². The van der Waals surface area contributed by atoms with E-state index in [0.717, 1.165) is 6.42 Å². The van der Waals surface area contributed by atoms with Crippen molar-refractivity contribution in [3.8, 4) is 0 Å². The summed E-state index contributed by atoms with van der Waals surface area (Å²) < 4.78 is 7.91. The third-order valence-corrected chi connectivity index (χ3v) is 4.41. The van der Waals surface area contributed by atoms with E-state index in [1.54, 1.807) is 0 Å². The lowest BCUT2D eigenvalue weighted by Crippen LogP contribution is -2.56. The fraction of sp³-hybridized carbons (Fsp3) is 0.294. The molecule has 5 rings (SSSR count). The number of carbonyl (C=O) groups is 1. The molecule has 0 unspecified atom stereocenters. The second kappa shape index (κ2) is 4.17. The third kappa shape index (κ3) is 1.52. The van der Waals surface area contributed by atoms with E-state index in [2.05, 4.69) is 53.2 Å². The van der Waals surface area contributed by atoms with Gasteiger partial charge in [-0.3, -0.25) is 4.79 Å². The van der Waals surface area contributed by atoms with Crippen LogP contribution in [0.5, 0.6) is 0 Å². The summed E-state index contributed by atoms with van der Waals surface area (Å²) in [5.74, 6) is -0.0381. The summed E-state index contributed by atoms with van der Waals surface area (Å²) >= 11 is 0. The summed E-state index contributed by atoms with van der Waals surface area (Å²) in [5.41, 5.74) is 3.92. The van der Waals surface area contributed by atoms with Crippen LogP contribution in [0.4, 0.5) is 0 Å². The molecule has 0 fully saturated rings. The second-order valence-corrected chi connectivity index (χ2v) is 5.54. The Kier molecular flexibility index (Phi) is 2.43. The van der Waals surface area contributed by atoms with Crippen LogP contribution in [-0.4, -0.2) is 12.1 Å². The predicted molar refractivity (Wildman–Crippen MR) is 73.2 cm³/mol. The third-order valence-electron chi connectivity index (χ3n) is 4.41. The number of benzene rings is 1. The fourth-order valence-electron chi connectivity index (χ4n) is 3.74. The summed E-state index contributed by atoms with van der Waals surface area (Å²) in [5, 5.41) is 0. The lowest BCUT2D eigenvalue weighted by molar-refractivity contribution is -0.732. The molecule has 0 saturated carbocycles. The quantitative estimate of drug-likeness (QED) is 0.586. The Hall–Kier alpha value is -2.16. The van der Waals surface area contributed by atoms with Gasteiger partial charge in [0.25, 0.3) is 0 Å². The molecule has 3 aliphatic rings. The van der Waals surface area contributed by atoms with E-state index >= 15 is 0 Å². The standard InChI is InChI=1S/C17H16NO2/c1-11(19)20-16-10-15-12-6-2-3-7-13(12)17(16)14-8-4-5-9-18(14)15/h2-9,15-17H,10H2,1H3/q+1/t15-,16-,17-/m1/s1. The van der Waals surface area contributed by atoms with Crippen LogP contribution in [0, 0.1) is 0 Å². The van der Waals surface area contributed by atoms with Crippen molar-refractivity contribution in [2.75, 3.05) is 0 Å². The van der Waals surface area contributed by atoms with Crippen molar-refractivity contribution in [3.05, 3.63) is 65.5 Å². The summed E-state index contributed by atoms with van der Waals surface area (Å²) in [6.07, 6.45) is 2.95. The molecule has 2 bridgehead atoms. The number of hydrogen-bond donors (Lipinski definition) is 0. The second-order valence-electron chi connectivity index (χ2n) is 5.54. The van der Waals surface area contributed by atoms with E-state index in [0.29, 0.717) is 0 Å². The number of rotatable bonds is 1. The molecule has 0 saturated heterocycles. The van der Waals surface area contributed by atoms with Crippen LogP contribution in [0.1, 0.15) is 42.1 Å². The highest BCUT2D eigenvalue weighted by Crippen LogP contribution is 2.45. The molecular weight excluding hydrogens is 250 g/mol. The van der Waals surface area contributed by atoms with E-state index in [1.807, 2.05) is 0 Å². The molecule has 1 aliphatic carbocycles. The largest absolute Gasteiger partial charge is 0.461 e. The average Bonchev–Trinajstić information content (AvgIpc) is 2.47. The van der Waals surface area contributed by atoms with E-state index in [-0.39, 0.29) is 24.0 Å². The minimum absolute atomic E-state index is 0.0465. The Morgan fingerprint density at radius 2 is 1.90 bits per heavy atom. The Bertz CT molecular complexity index is 647. The van der Waals surface area contributed by atoms with Gasteiger partial charge in [0.05, 0.1) is 6.42 Å². The fourth-order valence-corrected chi connectivity index (χ4v) is 3.74. The van der Waals surface area contributed by atoms with Crippen LogP contribution in [0.25, 0.3) is 0 Å². The maximum absolute atomic E-state index is 11.4. The number of ether oxygens (including phenoxy) is 1. The van der Waals surface area contributed by atoms with Gasteiger partial charge in [0.15, 0.2) is 17.9 Å². The molecule has 2 aliphatic heterocycles. The molecule has 3 nitrogen and oxygen atoms in total. The van der Waals surface area contributed by atoms with Crippen LogP contribution >= 0.6 is 0 Å². The van der Waals surface area contributed by atoms with Crippen molar-refractivity contribution in [1.29, 1.82) is 0 Å². The average molecular weight is 266 g/mol. The van der Waals surface area contributed by atoms with Gasteiger partial charge in [0.1, 0.15) is 12.0 Å². The molecule has 1 aromatic heterocycles. The number of fused-ring (bicyclic) bond motifs is 1. The van der Waals surface area contributed by atoms with Gasteiger partial charge in [-0.25, -0.2) is 0 Å². The van der Waals surface area contributed by atoms with Crippen molar-refractivity contribution >= 4 is 5.97 Å². The maximum atomic E-state index is 11.4. The molecule has 2 aromatic rings. The highest BCUT2D eigenvalue weighted by molar-refractivity contribution is 5.66. The van der Waals surface area contributed by atoms with Gasteiger partial charge in [0, 0.05) is 24.6 Å². The Morgan fingerprint density at radius 3 is 2.70 bits per heavy atom. The number of hydrogen-bond acceptors (Lipinski definition) is 2. The molecule has 0 radical (unpaired) electrons. The highest BCUT2D eigenvalue weighted by Gasteiger charge is 2.50. The summed E-state index contributed by atoms with van der Waals surface area (Å²) in [4.78, 5) is 11.4. The lowest BCUT2D eigenvalue weighted by atomic mass is 9.72. The number of aromatic nitrogens is 1. The van der Waals surface area contributed by atoms with Crippen LogP contribution < -0.4 is 4.57 Å². The molecule has 100 valence electrons. The van der Waals surface area contributed by atoms with Crippen molar-refractivity contribution in [3.63, 3.8) is 0 Å². The van der Waals surface area contributed by atoms with Crippen molar-refractivity contribution in [2.24, 2.45) is 0 Å². The van der Waals surface area contributed by atoms with Crippen LogP contribution in [0.3, 0.4) is 0 Å². The molecule has 3 heterocycles. The van der Waals surface area contributed by atoms with Crippen molar-refractivity contribution < 1.29 is 14.1 Å². The van der Waals surface area contributed by atoms with Crippen LogP contribution in [0.15, 0.2) is 48.7 Å². The monoisotopic (exact) mass is 266 g/mol. The first-order valence-electron chi connectivity index (χ1n) is 7.02. The van der Waals surface area contributed by atoms with Gasteiger partial charge in [-0.2, -0.15) is 4.57 Å². The van der Waals surface area contributed by atoms with Gasteiger partial charge in [-0.1, -0.05) is 30.3 Å². The summed E-state index contributed by atoms with van der Waals surface area (Å²) in [6, 6.07) is 15.0. The first kappa shape index (κ1) is 11.6. The molecule has 3 atom stereocenters. The first-order valence-corrected chi connectivity index (χ1v) is 7.02. The maximum Gasteiger partial charge on any atom is 0.302 e. The van der Waals surface area contributed by atoms with Gasteiger partial charge >= 0.3 is 5.97 Å². The summed E-state index contributed by atoms with van der Waals surface area (Å²) in [6.45, 7) is 1.49. The van der Waals surface area contributed by atoms with Crippen LogP contribution in [-0.2, 0) is 9.53 Å². The molecule has 0 spiro atoms. The molecule has 3 heteroatoms. The van der Waals surface area contributed by atoms with Gasteiger partial charge < -0.3 is 4.74 Å². The molecule has 1 aromatic carbocycles. The zero-order chi connectivity index (χ0) is 13.7. The normalized spacial score (nSPS) is 25.8. The smallest absolute Gasteiger partial charge is 0.302 e. The van der Waals surface area contributed by atoms with E-state index < -0.39 is 0 Å². The number of pyridine rings is 1. The summed E-state index contributed by atoms with van der Waals surface area (Å²) in [7, 11) is 0. The SMILES string of the molecule is CC(=O)O[C@@H]1C[C@@H]2c3ccccc3[C@@H]1c1cccc[n+]12. The number of nitrogens with zero attached hydrogens (tertiary/aromatic N) is 1. The van der Waals surface area contributed by atoms with Crippen molar-refractivity contribution in [2.45, 2.75) is 31.4 Å². The first-order chi connectivity index (χ1) is 9.75. The van der Waals surface area contributed by atoms with Crippen molar-refractivity contribution in [1.82, 2.24) is 0 Å². The van der Waals surface area contributed by atoms with Crippen LogP contribution in [0.2, 0.25) is 0 Å². The Morgan fingerprint density at radius 1 is 1.15 bits per heavy atom. The minimum atomic E-state index is -0.192. The molecule has 0 N–H and O–H groups in total. The molecule has 0 amide bonds. The topological polar surface area (TPSA) is 30.2 Å². The zero-order valence-electron chi connectivity index (χ0n) is 11.3. The lowest BCUT2D eigenvalue weighted by Gasteiger charge is -2.39. The van der Waals surface area contributed by atoms with E-state index in [1.165, 1.54) is 23.7 Å². The van der Waals surface area contributed by atoms with E-state index in [4.69, 9.17) is 4.74 Å². The number of esters is 1. The highest BCUT2D eigenvalue weighted by atomic mass is 16.5. The molecule has 20 heavy (non-hydrogen) atoms. The van der Waals surface area contributed by atoms with Gasteiger partial charge in [-0.05, 0) is 5.56 Å². The Labute approximate surface area is 117 Å². The van der Waals surface area contributed by atoms with Gasteiger partial charge in [0.2, 0.25) is 0 Å². The molecular formula is C17H16NO2+. The van der Waals surface area contributed by atoms with Gasteiger partial charge in [-0.15, -0.1) is 0 Å². The predicted octanol–water partition coefficient (Wildman–Crippen LogP) is 2.34. The Balaban J connectivity index is 1.91. The zero-order valence-corrected chi connectivity index (χ0v) is 11.3. The number of carbonyl (C=O) groups excluding carboxylic acids is 1. The minimum Gasteiger partial charge on any atom is -0.461 e.